The molecule has 0 bridgehead atoms. The van der Waals surface area contributed by atoms with E-state index in [2.05, 4.69) is 0 Å². The van der Waals surface area contributed by atoms with E-state index in [1.807, 2.05) is 6.92 Å². The molecule has 1 aromatic rings. The Bertz CT molecular complexity index is 417. The topological polar surface area (TPSA) is 96.0 Å². The first-order valence-corrected chi connectivity index (χ1v) is 6.18. The molecule has 0 saturated carbocycles. The summed E-state index contributed by atoms with van der Waals surface area (Å²) in [5, 5.41) is 17.9. The third-order valence-corrected chi connectivity index (χ3v) is 2.60. The van der Waals surface area contributed by atoms with Crippen molar-refractivity contribution in [2.75, 3.05) is 38.6 Å². The fourth-order valence-electron chi connectivity index (χ4n) is 1.77. The molecule has 0 aliphatic heterocycles. The summed E-state index contributed by atoms with van der Waals surface area (Å²) in [5.74, 6) is 0.0537. The molecule has 0 heterocycles. The number of carbonyl (C=O) groups is 1. The van der Waals surface area contributed by atoms with Crippen LogP contribution < -0.4 is 10.5 Å². The van der Waals surface area contributed by atoms with Crippen LogP contribution in [0.15, 0.2) is 18.2 Å². The molecule has 6 heteroatoms. The molecular formula is C13H20N2O4. The Morgan fingerprint density at radius 2 is 1.95 bits per heavy atom. The quantitative estimate of drug-likeness (QED) is 0.609. The van der Waals surface area contributed by atoms with Crippen molar-refractivity contribution in [1.29, 1.82) is 0 Å². The Morgan fingerprint density at radius 3 is 2.47 bits per heavy atom. The fourth-order valence-corrected chi connectivity index (χ4v) is 1.77. The lowest BCUT2D eigenvalue weighted by atomic mass is 10.1. The maximum atomic E-state index is 12.4. The van der Waals surface area contributed by atoms with Gasteiger partial charge < -0.3 is 25.6 Å². The summed E-state index contributed by atoms with van der Waals surface area (Å²) in [6.45, 7) is 2.16. The van der Waals surface area contributed by atoms with Crippen molar-refractivity contribution in [2.24, 2.45) is 0 Å². The van der Waals surface area contributed by atoms with Crippen LogP contribution in [-0.2, 0) is 0 Å². The summed E-state index contributed by atoms with van der Waals surface area (Å²) in [7, 11) is 0. The third-order valence-electron chi connectivity index (χ3n) is 2.60. The van der Waals surface area contributed by atoms with E-state index in [0.29, 0.717) is 18.0 Å². The van der Waals surface area contributed by atoms with E-state index in [0.717, 1.165) is 0 Å². The molecule has 6 nitrogen and oxygen atoms in total. The van der Waals surface area contributed by atoms with E-state index in [1.54, 1.807) is 18.2 Å². The summed E-state index contributed by atoms with van der Waals surface area (Å²) in [6.07, 6.45) is 0. The van der Waals surface area contributed by atoms with E-state index in [1.165, 1.54) is 4.90 Å². The Morgan fingerprint density at radius 1 is 1.32 bits per heavy atom. The number of nitrogens with zero attached hydrogens (tertiary/aromatic N) is 1. The lowest BCUT2D eigenvalue weighted by Crippen LogP contribution is -2.36. The standard InChI is InChI=1S/C13H20N2O4/c1-2-19-11-5-3-4-10(14)12(11)13(18)15(6-8-16)7-9-17/h3-5,16-17H,2,6-9,14H2,1H3. The molecule has 0 aromatic heterocycles. The molecule has 0 atom stereocenters. The van der Waals surface area contributed by atoms with Gasteiger partial charge in [0.1, 0.15) is 11.3 Å². The fraction of sp³-hybridized carbons (Fsp3) is 0.462. The van der Waals surface area contributed by atoms with E-state index >= 15 is 0 Å². The second kappa shape index (κ2) is 7.60. The van der Waals surface area contributed by atoms with Crippen LogP contribution in [0.5, 0.6) is 5.75 Å². The number of nitrogens with two attached hydrogens (primary N) is 1. The predicted molar refractivity (Wildman–Crippen MR) is 72.1 cm³/mol. The van der Waals surface area contributed by atoms with Gasteiger partial charge in [-0.15, -0.1) is 0 Å². The normalized spacial score (nSPS) is 10.3. The number of aliphatic hydroxyl groups is 2. The van der Waals surface area contributed by atoms with Crippen molar-refractivity contribution in [2.45, 2.75) is 6.92 Å². The number of ether oxygens (including phenoxy) is 1. The zero-order valence-corrected chi connectivity index (χ0v) is 11.0. The van der Waals surface area contributed by atoms with Gasteiger partial charge in [0, 0.05) is 18.8 Å². The maximum absolute atomic E-state index is 12.4. The second-order valence-electron chi connectivity index (χ2n) is 3.89. The van der Waals surface area contributed by atoms with Gasteiger partial charge in [-0.05, 0) is 19.1 Å². The van der Waals surface area contributed by atoms with Gasteiger partial charge in [0.2, 0.25) is 0 Å². The van der Waals surface area contributed by atoms with Gasteiger partial charge in [0.25, 0.3) is 5.91 Å². The molecule has 0 aliphatic rings. The summed E-state index contributed by atoms with van der Waals surface area (Å²) >= 11 is 0. The van der Waals surface area contributed by atoms with Crippen LogP contribution in [-0.4, -0.2) is 53.9 Å². The first-order chi connectivity index (χ1) is 9.15. The van der Waals surface area contributed by atoms with E-state index in [9.17, 15) is 4.79 Å². The first-order valence-electron chi connectivity index (χ1n) is 6.18. The number of nitrogen functional groups attached to an aromatic ring is 1. The SMILES string of the molecule is CCOc1cccc(N)c1C(=O)N(CCO)CCO. The second-order valence-corrected chi connectivity index (χ2v) is 3.89. The molecule has 0 saturated heterocycles. The molecule has 0 unspecified atom stereocenters. The molecular weight excluding hydrogens is 248 g/mol. The monoisotopic (exact) mass is 268 g/mol. The Kier molecular flexibility index (Phi) is 6.11. The van der Waals surface area contributed by atoms with Crippen molar-refractivity contribution in [3.05, 3.63) is 23.8 Å². The van der Waals surface area contributed by atoms with E-state index in [-0.39, 0.29) is 37.8 Å². The molecule has 1 amide bonds. The molecule has 0 spiro atoms. The minimum absolute atomic E-state index is 0.138. The van der Waals surface area contributed by atoms with Crippen LogP contribution in [0.3, 0.4) is 0 Å². The van der Waals surface area contributed by atoms with Gasteiger partial charge in [-0.2, -0.15) is 0 Å². The van der Waals surface area contributed by atoms with Gasteiger partial charge in [-0.25, -0.2) is 0 Å². The number of carbonyl (C=O) groups excluding carboxylic acids is 1. The van der Waals surface area contributed by atoms with E-state index < -0.39 is 0 Å². The van der Waals surface area contributed by atoms with Crippen molar-refractivity contribution in [3.8, 4) is 5.75 Å². The summed E-state index contributed by atoms with van der Waals surface area (Å²) in [6, 6.07) is 4.99. The van der Waals surface area contributed by atoms with Gasteiger partial charge in [0.15, 0.2) is 0 Å². The molecule has 0 fully saturated rings. The van der Waals surface area contributed by atoms with Gasteiger partial charge >= 0.3 is 0 Å². The molecule has 1 rings (SSSR count). The van der Waals surface area contributed by atoms with Crippen molar-refractivity contribution >= 4 is 11.6 Å². The minimum atomic E-state index is -0.357. The number of hydrogen-bond acceptors (Lipinski definition) is 5. The number of anilines is 1. The van der Waals surface area contributed by atoms with Crippen LogP contribution in [0.4, 0.5) is 5.69 Å². The summed E-state index contributed by atoms with van der Waals surface area (Å²) in [5.41, 5.74) is 6.42. The lowest BCUT2D eigenvalue weighted by molar-refractivity contribution is 0.0682. The smallest absolute Gasteiger partial charge is 0.259 e. The number of amides is 1. The zero-order valence-electron chi connectivity index (χ0n) is 11.0. The summed E-state index contributed by atoms with van der Waals surface area (Å²) in [4.78, 5) is 13.7. The van der Waals surface area contributed by atoms with Gasteiger partial charge in [-0.3, -0.25) is 4.79 Å². The van der Waals surface area contributed by atoms with Crippen molar-refractivity contribution < 1.29 is 19.7 Å². The van der Waals surface area contributed by atoms with Gasteiger partial charge in [-0.1, -0.05) is 6.07 Å². The third kappa shape index (κ3) is 3.84. The highest BCUT2D eigenvalue weighted by Gasteiger charge is 2.21. The van der Waals surface area contributed by atoms with Crippen LogP contribution in [0, 0.1) is 0 Å². The van der Waals surface area contributed by atoms with Crippen LogP contribution >= 0.6 is 0 Å². The zero-order chi connectivity index (χ0) is 14.3. The molecule has 106 valence electrons. The van der Waals surface area contributed by atoms with Crippen molar-refractivity contribution in [3.63, 3.8) is 0 Å². The lowest BCUT2D eigenvalue weighted by Gasteiger charge is -2.22. The molecule has 0 radical (unpaired) electrons. The number of benzene rings is 1. The molecule has 19 heavy (non-hydrogen) atoms. The Labute approximate surface area is 112 Å². The van der Waals surface area contributed by atoms with Crippen LogP contribution in [0.2, 0.25) is 0 Å². The average molecular weight is 268 g/mol. The van der Waals surface area contributed by atoms with E-state index in [4.69, 9.17) is 20.7 Å². The number of hydrogen-bond donors (Lipinski definition) is 3. The largest absolute Gasteiger partial charge is 0.493 e. The Balaban J connectivity index is 3.08. The minimum Gasteiger partial charge on any atom is -0.493 e. The predicted octanol–water partition coefficient (Wildman–Crippen LogP) is 0.0943. The number of aliphatic hydroxyl groups excluding tert-OH is 2. The highest BCUT2D eigenvalue weighted by molar-refractivity contribution is 6.01. The average Bonchev–Trinajstić information content (AvgIpc) is 2.38. The highest BCUT2D eigenvalue weighted by atomic mass is 16.5. The molecule has 0 aliphatic carbocycles. The molecule has 1 aromatic carbocycles. The maximum Gasteiger partial charge on any atom is 0.259 e. The van der Waals surface area contributed by atoms with Crippen LogP contribution in [0.1, 0.15) is 17.3 Å². The summed E-state index contributed by atoms with van der Waals surface area (Å²) < 4.78 is 5.39. The number of rotatable bonds is 7. The van der Waals surface area contributed by atoms with Gasteiger partial charge in [0.05, 0.1) is 19.8 Å². The van der Waals surface area contributed by atoms with Crippen molar-refractivity contribution in [1.82, 2.24) is 4.90 Å². The first kappa shape index (κ1) is 15.3. The van der Waals surface area contributed by atoms with Crippen LogP contribution in [0.25, 0.3) is 0 Å². The molecule has 4 N–H and O–H groups in total. The highest BCUT2D eigenvalue weighted by Crippen LogP contribution is 2.26. The Hall–Kier alpha value is -1.79.